The van der Waals surface area contributed by atoms with E-state index in [-0.39, 0.29) is 21.2 Å². The van der Waals surface area contributed by atoms with Crippen LogP contribution in [0.1, 0.15) is 0 Å². The summed E-state index contributed by atoms with van der Waals surface area (Å²) in [7, 11) is 0. The van der Waals surface area contributed by atoms with Crippen LogP contribution in [-0.2, 0) is 0 Å². The van der Waals surface area contributed by atoms with E-state index in [1.165, 1.54) is 0 Å². The summed E-state index contributed by atoms with van der Waals surface area (Å²) in [5.74, 6) is -2.26. The van der Waals surface area contributed by atoms with E-state index in [2.05, 4.69) is 18.9 Å². The lowest BCUT2D eigenvalue weighted by Gasteiger charge is -2.14. The first-order valence-electron chi connectivity index (χ1n) is 7.28. The molecule has 4 N–H and O–H groups in total. The van der Waals surface area contributed by atoms with E-state index in [0.717, 1.165) is 24.3 Å². The zero-order valence-electron chi connectivity index (χ0n) is 14.1. The highest BCUT2D eigenvalue weighted by atomic mass is 35.5. The SMILES string of the molecule is O=C(O)Oc1cc(Cl)c(-c2cc(OC(=O)O)c(OC(=O)O)cc2Cl)cc1OC(=O)O. The summed E-state index contributed by atoms with van der Waals surface area (Å²) in [4.78, 5) is 43.3. The summed E-state index contributed by atoms with van der Waals surface area (Å²) < 4.78 is 17.8. The molecule has 0 fully saturated rings. The zero-order valence-corrected chi connectivity index (χ0v) is 15.6. The monoisotopic (exact) mass is 462 g/mol. The van der Waals surface area contributed by atoms with Crippen molar-refractivity contribution in [3.8, 4) is 34.1 Å². The van der Waals surface area contributed by atoms with Gasteiger partial charge < -0.3 is 39.4 Å². The lowest BCUT2D eigenvalue weighted by atomic mass is 10.0. The summed E-state index contributed by atoms with van der Waals surface area (Å²) in [6.07, 6.45) is -7.16. The Bertz CT molecular complexity index is 966. The van der Waals surface area contributed by atoms with Crippen molar-refractivity contribution >= 4 is 47.8 Å². The molecule has 0 aliphatic carbocycles. The molecule has 2 aromatic carbocycles. The van der Waals surface area contributed by atoms with Crippen LogP contribution in [0.25, 0.3) is 11.1 Å². The topological polar surface area (TPSA) is 186 Å². The van der Waals surface area contributed by atoms with Crippen LogP contribution in [0, 0.1) is 0 Å². The van der Waals surface area contributed by atoms with Gasteiger partial charge in [0.2, 0.25) is 0 Å². The molecular formula is C16H8Cl2O12. The molecule has 0 bridgehead atoms. The Morgan fingerprint density at radius 2 is 0.767 bits per heavy atom. The molecule has 0 radical (unpaired) electrons. The quantitative estimate of drug-likeness (QED) is 0.348. The molecule has 0 atom stereocenters. The predicted molar refractivity (Wildman–Crippen MR) is 96.5 cm³/mol. The highest BCUT2D eigenvalue weighted by Crippen LogP contribution is 2.44. The molecule has 12 nitrogen and oxygen atoms in total. The first-order valence-corrected chi connectivity index (χ1v) is 8.04. The highest BCUT2D eigenvalue weighted by molar-refractivity contribution is 6.36. The normalized spacial score (nSPS) is 10.1. The van der Waals surface area contributed by atoms with Gasteiger partial charge in [-0.1, -0.05) is 23.2 Å². The van der Waals surface area contributed by atoms with Crippen LogP contribution in [0.15, 0.2) is 24.3 Å². The maximum atomic E-state index is 10.9. The van der Waals surface area contributed by atoms with E-state index in [1.54, 1.807) is 0 Å². The van der Waals surface area contributed by atoms with Crippen LogP contribution in [0.2, 0.25) is 10.0 Å². The van der Waals surface area contributed by atoms with Crippen molar-refractivity contribution in [3.05, 3.63) is 34.3 Å². The fourth-order valence-electron chi connectivity index (χ4n) is 2.18. The van der Waals surface area contributed by atoms with Gasteiger partial charge in [0.15, 0.2) is 23.0 Å². The van der Waals surface area contributed by atoms with E-state index in [0.29, 0.717) is 0 Å². The van der Waals surface area contributed by atoms with Gasteiger partial charge in [0.25, 0.3) is 0 Å². The number of benzene rings is 2. The van der Waals surface area contributed by atoms with E-state index >= 15 is 0 Å². The van der Waals surface area contributed by atoms with Gasteiger partial charge in [-0.3, -0.25) is 0 Å². The number of hydrogen-bond acceptors (Lipinski definition) is 8. The number of ether oxygens (including phenoxy) is 4. The minimum atomic E-state index is -1.80. The minimum Gasteiger partial charge on any atom is -0.449 e. The largest absolute Gasteiger partial charge is 0.511 e. The van der Waals surface area contributed by atoms with Crippen LogP contribution in [0.5, 0.6) is 23.0 Å². The van der Waals surface area contributed by atoms with E-state index in [4.69, 9.17) is 43.6 Å². The van der Waals surface area contributed by atoms with Crippen molar-refractivity contribution in [2.75, 3.05) is 0 Å². The van der Waals surface area contributed by atoms with Crippen molar-refractivity contribution in [3.63, 3.8) is 0 Å². The number of hydrogen-bond donors (Lipinski definition) is 4. The van der Waals surface area contributed by atoms with Crippen LogP contribution >= 0.6 is 23.2 Å². The second-order valence-corrected chi connectivity index (χ2v) is 5.84. The fraction of sp³-hybridized carbons (Fsp3) is 0. The van der Waals surface area contributed by atoms with Crippen molar-refractivity contribution in [1.82, 2.24) is 0 Å². The van der Waals surface area contributed by atoms with Gasteiger partial charge in [0.1, 0.15) is 0 Å². The second kappa shape index (κ2) is 9.07. The predicted octanol–water partition coefficient (Wildman–Crippen LogP) is 4.89. The molecule has 0 aliphatic rings. The van der Waals surface area contributed by atoms with Crippen molar-refractivity contribution in [1.29, 1.82) is 0 Å². The molecule has 0 saturated carbocycles. The number of carbonyl (C=O) groups is 4. The van der Waals surface area contributed by atoms with Crippen molar-refractivity contribution in [2.24, 2.45) is 0 Å². The Kier molecular flexibility index (Phi) is 6.77. The van der Waals surface area contributed by atoms with Crippen molar-refractivity contribution < 1.29 is 58.6 Å². The number of carboxylic acid groups (broad SMARTS) is 4. The molecule has 0 heterocycles. The van der Waals surface area contributed by atoms with Crippen LogP contribution in [0.4, 0.5) is 19.2 Å². The molecule has 2 aromatic rings. The van der Waals surface area contributed by atoms with Gasteiger partial charge in [0.05, 0.1) is 10.0 Å². The van der Waals surface area contributed by atoms with Gasteiger partial charge in [-0.25, -0.2) is 19.2 Å². The third-order valence-electron chi connectivity index (χ3n) is 3.15. The lowest BCUT2D eigenvalue weighted by Crippen LogP contribution is -2.09. The Labute approximate surface area is 175 Å². The molecule has 0 aromatic heterocycles. The first-order chi connectivity index (χ1) is 14.0. The molecule has 14 heteroatoms. The van der Waals surface area contributed by atoms with Crippen molar-refractivity contribution in [2.45, 2.75) is 0 Å². The molecule has 0 saturated heterocycles. The maximum absolute atomic E-state index is 10.9. The zero-order chi connectivity index (χ0) is 22.6. The van der Waals surface area contributed by atoms with Crippen LogP contribution in [-0.4, -0.2) is 45.0 Å². The smallest absolute Gasteiger partial charge is 0.449 e. The van der Waals surface area contributed by atoms with E-state index in [1.807, 2.05) is 0 Å². The van der Waals surface area contributed by atoms with Crippen LogP contribution in [0.3, 0.4) is 0 Å². The Morgan fingerprint density at radius 1 is 0.533 bits per heavy atom. The number of rotatable bonds is 5. The van der Waals surface area contributed by atoms with Gasteiger partial charge >= 0.3 is 24.6 Å². The van der Waals surface area contributed by atoms with Gasteiger partial charge in [0, 0.05) is 23.3 Å². The highest BCUT2D eigenvalue weighted by Gasteiger charge is 2.22. The summed E-state index contributed by atoms with van der Waals surface area (Å²) in [6, 6.07) is 3.74. The van der Waals surface area contributed by atoms with E-state index in [9.17, 15) is 19.2 Å². The Morgan fingerprint density at radius 3 is 1.00 bits per heavy atom. The lowest BCUT2D eigenvalue weighted by molar-refractivity contribution is 0.132. The third-order valence-corrected chi connectivity index (χ3v) is 3.77. The molecule has 0 unspecified atom stereocenters. The molecule has 0 aliphatic heterocycles. The van der Waals surface area contributed by atoms with E-state index < -0.39 is 47.6 Å². The van der Waals surface area contributed by atoms with Gasteiger partial charge in [-0.15, -0.1) is 0 Å². The summed E-state index contributed by atoms with van der Waals surface area (Å²) in [6.45, 7) is 0. The Balaban J connectivity index is 2.69. The van der Waals surface area contributed by atoms with Crippen LogP contribution < -0.4 is 18.9 Å². The van der Waals surface area contributed by atoms with Gasteiger partial charge in [-0.05, 0) is 12.1 Å². The summed E-state index contributed by atoms with van der Waals surface area (Å²) >= 11 is 12.2. The summed E-state index contributed by atoms with van der Waals surface area (Å²) in [5.41, 5.74) is -0.125. The first kappa shape index (κ1) is 22.4. The average Bonchev–Trinajstić information content (AvgIpc) is 2.58. The minimum absolute atomic E-state index is 0.0623. The molecule has 2 rings (SSSR count). The van der Waals surface area contributed by atoms with Gasteiger partial charge in [-0.2, -0.15) is 0 Å². The molecule has 0 amide bonds. The fourth-order valence-corrected chi connectivity index (χ4v) is 2.69. The second-order valence-electron chi connectivity index (χ2n) is 5.03. The maximum Gasteiger partial charge on any atom is 0.511 e. The third kappa shape index (κ3) is 5.56. The average molecular weight is 463 g/mol. The standard InChI is InChI=1S/C16H8Cl2O12/c17-7-3-11(29-15(23)24)9(27-13(19)20)1-5(7)6-2-10(28-14(21)22)12(4-8(6)18)30-16(25)26/h1-4H,(H,19,20)(H,21,22)(H,23,24)(H,25,26). The molecule has 30 heavy (non-hydrogen) atoms. The molecular weight excluding hydrogens is 455 g/mol. The molecule has 0 spiro atoms. The Hall–Kier alpha value is -3.90. The summed E-state index contributed by atoms with van der Waals surface area (Å²) in [5, 5.41) is 34.7. The number of halogens is 2. The molecule has 158 valence electrons.